The van der Waals surface area contributed by atoms with E-state index in [1.54, 1.807) is 18.2 Å². The second kappa shape index (κ2) is 7.52. The van der Waals surface area contributed by atoms with Crippen LogP contribution in [0.5, 0.6) is 0 Å². The minimum absolute atomic E-state index is 0.00838. The van der Waals surface area contributed by atoms with E-state index in [-0.39, 0.29) is 12.2 Å². The fraction of sp³-hybridized carbons (Fsp3) is 0.188. The smallest absolute Gasteiger partial charge is 0.397 e. The monoisotopic (exact) mass is 372 g/mol. The van der Waals surface area contributed by atoms with Crippen LogP contribution in [0.25, 0.3) is 0 Å². The van der Waals surface area contributed by atoms with Crippen LogP contribution in [0.1, 0.15) is 11.1 Å². The van der Waals surface area contributed by atoms with Gasteiger partial charge in [0.1, 0.15) is 0 Å². The highest BCUT2D eigenvalue weighted by molar-refractivity contribution is 6.31. The molecule has 0 aliphatic rings. The number of carbonyl (C=O) groups is 1. The van der Waals surface area contributed by atoms with Gasteiger partial charge in [0.15, 0.2) is 0 Å². The highest BCUT2D eigenvalue weighted by Gasteiger charge is 2.33. The lowest BCUT2D eigenvalue weighted by Gasteiger charge is -2.12. The predicted octanol–water partition coefficient (Wildman–Crippen LogP) is 3.89. The molecular formula is C16H16ClF3N4O. The van der Waals surface area contributed by atoms with E-state index in [4.69, 9.17) is 23.1 Å². The summed E-state index contributed by atoms with van der Waals surface area (Å²) in [6.45, 7) is 0.273. The Morgan fingerprint density at radius 3 is 2.44 bits per heavy atom. The average molecular weight is 373 g/mol. The molecule has 0 heterocycles. The maximum absolute atomic E-state index is 12.8. The average Bonchev–Trinajstić information content (AvgIpc) is 2.51. The van der Waals surface area contributed by atoms with Crippen molar-refractivity contribution in [3.05, 3.63) is 52.5 Å². The third kappa shape index (κ3) is 5.18. The number of benzene rings is 2. The van der Waals surface area contributed by atoms with Gasteiger partial charge in [0.25, 0.3) is 0 Å². The van der Waals surface area contributed by atoms with Crippen molar-refractivity contribution >= 4 is 34.7 Å². The molecule has 9 heteroatoms. The normalized spacial score (nSPS) is 11.2. The van der Waals surface area contributed by atoms with Gasteiger partial charge in [-0.25, -0.2) is 4.79 Å². The van der Waals surface area contributed by atoms with Crippen LogP contribution >= 0.6 is 11.6 Å². The maximum Gasteiger partial charge on any atom is 0.417 e. The van der Waals surface area contributed by atoms with Crippen molar-refractivity contribution < 1.29 is 18.0 Å². The topological polar surface area (TPSA) is 93.2 Å². The summed E-state index contributed by atoms with van der Waals surface area (Å²) in [6.07, 6.45) is -4.10. The molecule has 0 saturated heterocycles. The van der Waals surface area contributed by atoms with Gasteiger partial charge >= 0.3 is 12.2 Å². The first-order valence-corrected chi connectivity index (χ1v) is 7.60. The summed E-state index contributed by atoms with van der Waals surface area (Å²) in [7, 11) is 0. The molecule has 6 N–H and O–H groups in total. The van der Waals surface area contributed by atoms with Gasteiger partial charge in [0.05, 0.1) is 22.0 Å². The number of alkyl halides is 3. The number of hydrogen-bond donors (Lipinski definition) is 4. The van der Waals surface area contributed by atoms with E-state index >= 15 is 0 Å². The van der Waals surface area contributed by atoms with E-state index in [1.807, 2.05) is 0 Å². The summed E-state index contributed by atoms with van der Waals surface area (Å²) < 4.78 is 38.4. The number of hydrogen-bond acceptors (Lipinski definition) is 3. The van der Waals surface area contributed by atoms with Crippen molar-refractivity contribution in [3.63, 3.8) is 0 Å². The van der Waals surface area contributed by atoms with Crippen LogP contribution < -0.4 is 22.1 Å². The number of nitrogen functional groups attached to an aromatic ring is 2. The van der Waals surface area contributed by atoms with Gasteiger partial charge in [-0.15, -0.1) is 0 Å². The van der Waals surface area contributed by atoms with Gasteiger partial charge in [-0.1, -0.05) is 17.7 Å². The number of carbonyl (C=O) groups excluding carboxylic acids is 1. The zero-order chi connectivity index (χ0) is 18.6. The van der Waals surface area contributed by atoms with Gasteiger partial charge < -0.3 is 22.1 Å². The highest BCUT2D eigenvalue weighted by Crippen LogP contribution is 2.36. The zero-order valence-corrected chi connectivity index (χ0v) is 13.7. The molecule has 2 aromatic rings. The first-order chi connectivity index (χ1) is 11.7. The van der Waals surface area contributed by atoms with E-state index in [0.29, 0.717) is 17.8 Å². The van der Waals surface area contributed by atoms with Crippen LogP contribution in [0.2, 0.25) is 5.02 Å². The SMILES string of the molecule is Nc1ccc(CCNC(=O)Nc2ccc(Cl)c(C(F)(F)F)c2)cc1N. The zero-order valence-electron chi connectivity index (χ0n) is 13.0. The first-order valence-electron chi connectivity index (χ1n) is 7.22. The molecule has 5 nitrogen and oxygen atoms in total. The Morgan fingerprint density at radius 1 is 1.08 bits per heavy atom. The Labute approximate surface area is 147 Å². The maximum atomic E-state index is 12.8. The highest BCUT2D eigenvalue weighted by atomic mass is 35.5. The summed E-state index contributed by atoms with van der Waals surface area (Å²) >= 11 is 5.53. The second-order valence-corrected chi connectivity index (χ2v) is 5.69. The number of nitrogens with two attached hydrogens (primary N) is 2. The molecule has 134 valence electrons. The number of halogens is 4. The van der Waals surface area contributed by atoms with Crippen LogP contribution in [0.4, 0.5) is 35.0 Å². The van der Waals surface area contributed by atoms with Gasteiger partial charge in [-0.2, -0.15) is 13.2 Å². The third-order valence-electron chi connectivity index (χ3n) is 3.38. The van der Waals surface area contributed by atoms with Gasteiger partial charge in [-0.3, -0.25) is 0 Å². The molecule has 2 rings (SSSR count). The number of urea groups is 1. The minimum atomic E-state index is -4.60. The van der Waals surface area contributed by atoms with Crippen LogP contribution in [0.3, 0.4) is 0 Å². The largest absolute Gasteiger partial charge is 0.417 e. The van der Waals surface area contributed by atoms with Crippen molar-refractivity contribution in [2.75, 3.05) is 23.3 Å². The molecule has 2 aromatic carbocycles. The lowest BCUT2D eigenvalue weighted by atomic mass is 10.1. The Morgan fingerprint density at radius 2 is 1.80 bits per heavy atom. The van der Waals surface area contributed by atoms with E-state index < -0.39 is 22.8 Å². The van der Waals surface area contributed by atoms with E-state index in [2.05, 4.69) is 10.6 Å². The van der Waals surface area contributed by atoms with Crippen LogP contribution in [-0.2, 0) is 12.6 Å². The number of amides is 2. The summed E-state index contributed by atoms with van der Waals surface area (Å²) in [5.41, 5.74) is 12.1. The summed E-state index contributed by atoms with van der Waals surface area (Å²) in [5.74, 6) is 0. The molecule has 0 aliphatic carbocycles. The summed E-state index contributed by atoms with van der Waals surface area (Å²) in [5, 5.41) is 4.45. The van der Waals surface area contributed by atoms with Gasteiger partial charge in [-0.05, 0) is 42.3 Å². The Balaban J connectivity index is 1.91. The quantitative estimate of drug-likeness (QED) is 0.613. The number of nitrogens with one attached hydrogen (secondary N) is 2. The number of rotatable bonds is 4. The second-order valence-electron chi connectivity index (χ2n) is 5.29. The molecule has 2 amide bonds. The summed E-state index contributed by atoms with van der Waals surface area (Å²) in [4.78, 5) is 11.8. The van der Waals surface area contributed by atoms with Crippen molar-refractivity contribution in [2.45, 2.75) is 12.6 Å². The number of anilines is 3. The molecule has 0 aromatic heterocycles. The first kappa shape index (κ1) is 18.7. The Kier molecular flexibility index (Phi) is 5.63. The van der Waals surface area contributed by atoms with E-state index in [0.717, 1.165) is 17.7 Å². The molecule has 0 saturated carbocycles. The summed E-state index contributed by atoms with van der Waals surface area (Å²) in [6, 6.07) is 7.66. The molecule has 0 radical (unpaired) electrons. The predicted molar refractivity (Wildman–Crippen MR) is 92.4 cm³/mol. The molecule has 0 unspecified atom stereocenters. The van der Waals surface area contributed by atoms with Gasteiger partial charge in [0.2, 0.25) is 0 Å². The molecule has 0 spiro atoms. The van der Waals surface area contributed by atoms with E-state index in [1.165, 1.54) is 6.07 Å². The fourth-order valence-corrected chi connectivity index (χ4v) is 2.32. The van der Waals surface area contributed by atoms with Crippen LogP contribution in [0, 0.1) is 0 Å². The molecule has 0 fully saturated rings. The molecule has 25 heavy (non-hydrogen) atoms. The van der Waals surface area contributed by atoms with Crippen molar-refractivity contribution in [1.29, 1.82) is 0 Å². The Hall–Kier alpha value is -2.61. The molecular weight excluding hydrogens is 357 g/mol. The lowest BCUT2D eigenvalue weighted by molar-refractivity contribution is -0.137. The molecule has 0 aliphatic heterocycles. The Bertz CT molecular complexity index is 780. The van der Waals surface area contributed by atoms with Gasteiger partial charge in [0, 0.05) is 12.2 Å². The van der Waals surface area contributed by atoms with Crippen LogP contribution in [-0.4, -0.2) is 12.6 Å². The fourth-order valence-electron chi connectivity index (χ4n) is 2.10. The van der Waals surface area contributed by atoms with E-state index in [9.17, 15) is 18.0 Å². The molecule has 0 atom stereocenters. The van der Waals surface area contributed by atoms with Crippen LogP contribution in [0.15, 0.2) is 36.4 Å². The minimum Gasteiger partial charge on any atom is -0.397 e. The van der Waals surface area contributed by atoms with Crippen molar-refractivity contribution in [1.82, 2.24) is 5.32 Å². The molecule has 0 bridgehead atoms. The lowest BCUT2D eigenvalue weighted by Crippen LogP contribution is -2.30. The van der Waals surface area contributed by atoms with Crippen molar-refractivity contribution in [3.8, 4) is 0 Å². The standard InChI is InChI=1S/C16H16ClF3N4O/c17-12-3-2-10(8-11(12)16(18,19)20)24-15(25)23-6-5-9-1-4-13(21)14(22)7-9/h1-4,7-8H,5-6,21-22H2,(H2,23,24,25). The third-order valence-corrected chi connectivity index (χ3v) is 3.71. The van der Waals surface area contributed by atoms with Crippen molar-refractivity contribution in [2.24, 2.45) is 0 Å².